The normalized spacial score (nSPS) is 16.0. The standard InChI is InChI=1S/C14H7F6N3O3/c1-2-3-23-9-5-8(22-21-6-11(24)13(16,17)18)7(15)4-10(9)26-14(19,20)12(23)25/h1,4-6,22H,3H2/b21-6+. The van der Waals surface area contributed by atoms with E-state index in [9.17, 15) is 35.9 Å². The molecule has 1 heterocycles. The van der Waals surface area contributed by atoms with Gasteiger partial charge in [0, 0.05) is 6.07 Å². The third-order valence-electron chi connectivity index (χ3n) is 2.97. The summed E-state index contributed by atoms with van der Waals surface area (Å²) in [4.78, 5) is 22.7. The van der Waals surface area contributed by atoms with Gasteiger partial charge in [-0.25, -0.2) is 4.39 Å². The van der Waals surface area contributed by atoms with E-state index in [0.717, 1.165) is 6.07 Å². The number of halogens is 6. The molecule has 1 aromatic rings. The second-order valence-electron chi connectivity index (χ2n) is 4.75. The minimum atomic E-state index is -5.17. The monoisotopic (exact) mass is 379 g/mol. The molecule has 2 rings (SSSR count). The number of hydrogen-bond donors (Lipinski definition) is 1. The zero-order chi connectivity index (χ0) is 19.7. The van der Waals surface area contributed by atoms with E-state index in [1.165, 1.54) is 0 Å². The Morgan fingerprint density at radius 1 is 1.42 bits per heavy atom. The fourth-order valence-corrected chi connectivity index (χ4v) is 1.85. The van der Waals surface area contributed by atoms with Crippen LogP contribution in [0.25, 0.3) is 0 Å². The van der Waals surface area contributed by atoms with Gasteiger partial charge in [0.15, 0.2) is 11.6 Å². The zero-order valence-electron chi connectivity index (χ0n) is 12.4. The largest absolute Gasteiger partial charge is 0.483 e. The number of carbonyl (C=O) groups is 2. The molecule has 0 unspecified atom stereocenters. The van der Waals surface area contributed by atoms with Gasteiger partial charge in [0.25, 0.3) is 5.78 Å². The van der Waals surface area contributed by atoms with Crippen LogP contribution < -0.4 is 15.1 Å². The molecule has 1 aromatic carbocycles. The van der Waals surface area contributed by atoms with Gasteiger partial charge in [-0.1, -0.05) is 5.92 Å². The minimum absolute atomic E-state index is 0.145. The summed E-state index contributed by atoms with van der Waals surface area (Å²) in [5.74, 6) is -4.12. The highest BCUT2D eigenvalue weighted by molar-refractivity contribution is 6.30. The van der Waals surface area contributed by atoms with E-state index in [1.54, 1.807) is 5.43 Å². The number of hydrazone groups is 1. The van der Waals surface area contributed by atoms with Crippen molar-refractivity contribution in [2.24, 2.45) is 5.10 Å². The SMILES string of the molecule is C#CCN1C(=O)C(F)(F)Oc2cc(F)c(N/N=C/C(=O)C(F)(F)F)cc21. The van der Waals surface area contributed by atoms with E-state index in [4.69, 9.17) is 6.42 Å². The maximum atomic E-state index is 13.9. The van der Waals surface area contributed by atoms with Gasteiger partial charge in [-0.2, -0.15) is 27.1 Å². The van der Waals surface area contributed by atoms with Gasteiger partial charge < -0.3 is 4.74 Å². The number of hydrogen-bond acceptors (Lipinski definition) is 5. The molecule has 138 valence electrons. The molecular formula is C14H7F6N3O3. The van der Waals surface area contributed by atoms with Crippen LogP contribution in [-0.2, 0) is 9.59 Å². The molecule has 1 N–H and O–H groups in total. The molecule has 0 saturated heterocycles. The number of fused-ring (bicyclic) bond motifs is 1. The molecule has 1 aliphatic rings. The van der Waals surface area contributed by atoms with Crippen LogP contribution in [0.3, 0.4) is 0 Å². The minimum Gasteiger partial charge on any atom is -0.423 e. The van der Waals surface area contributed by atoms with E-state index in [1.807, 2.05) is 5.92 Å². The third kappa shape index (κ3) is 3.71. The number of rotatable bonds is 4. The molecule has 12 heteroatoms. The number of ketones is 1. The van der Waals surface area contributed by atoms with Crippen molar-refractivity contribution in [1.82, 2.24) is 0 Å². The fraction of sp³-hybridized carbons (Fsp3) is 0.214. The third-order valence-corrected chi connectivity index (χ3v) is 2.97. The van der Waals surface area contributed by atoms with Gasteiger partial charge in [-0.05, 0) is 6.07 Å². The Kier molecular flexibility index (Phi) is 4.84. The van der Waals surface area contributed by atoms with Crippen molar-refractivity contribution < 1.29 is 40.7 Å². The summed E-state index contributed by atoms with van der Waals surface area (Å²) < 4.78 is 81.1. The number of amides is 1. The number of alkyl halides is 5. The lowest BCUT2D eigenvalue weighted by Crippen LogP contribution is -2.51. The van der Waals surface area contributed by atoms with Crippen molar-refractivity contribution in [3.05, 3.63) is 17.9 Å². The van der Waals surface area contributed by atoms with E-state index in [2.05, 4.69) is 9.84 Å². The average molecular weight is 379 g/mol. The van der Waals surface area contributed by atoms with Gasteiger partial charge in [-0.3, -0.25) is 19.9 Å². The Morgan fingerprint density at radius 2 is 2.08 bits per heavy atom. The average Bonchev–Trinajstić information content (AvgIpc) is 2.51. The van der Waals surface area contributed by atoms with Gasteiger partial charge in [0.2, 0.25) is 0 Å². The molecule has 0 fully saturated rings. The maximum absolute atomic E-state index is 13.9. The number of benzene rings is 1. The summed E-state index contributed by atoms with van der Waals surface area (Å²) >= 11 is 0. The number of nitrogens with one attached hydrogen (secondary N) is 1. The van der Waals surface area contributed by atoms with E-state index in [0.29, 0.717) is 11.0 Å². The van der Waals surface area contributed by atoms with E-state index >= 15 is 0 Å². The quantitative estimate of drug-likeness (QED) is 0.377. The lowest BCUT2D eigenvalue weighted by molar-refractivity contribution is -0.192. The summed E-state index contributed by atoms with van der Waals surface area (Å²) in [6.07, 6.45) is -4.59. The van der Waals surface area contributed by atoms with Crippen molar-refractivity contribution in [2.75, 3.05) is 16.9 Å². The number of nitrogens with zero attached hydrogens (tertiary/aromatic N) is 2. The smallest absolute Gasteiger partial charge is 0.423 e. The first-order valence-corrected chi connectivity index (χ1v) is 6.53. The highest BCUT2D eigenvalue weighted by atomic mass is 19.4. The highest BCUT2D eigenvalue weighted by Gasteiger charge is 2.50. The van der Waals surface area contributed by atoms with Crippen molar-refractivity contribution >= 4 is 29.3 Å². The van der Waals surface area contributed by atoms with Crippen LogP contribution in [0, 0.1) is 18.2 Å². The maximum Gasteiger partial charge on any atom is 0.483 e. The van der Waals surface area contributed by atoms with Crippen LogP contribution in [0.5, 0.6) is 5.75 Å². The predicted octanol–water partition coefficient (Wildman–Crippen LogP) is 2.31. The summed E-state index contributed by atoms with van der Waals surface area (Å²) in [5, 5.41) is 2.92. The van der Waals surface area contributed by atoms with Crippen molar-refractivity contribution in [1.29, 1.82) is 0 Å². The first kappa shape index (κ1) is 19.1. The van der Waals surface area contributed by atoms with Crippen LogP contribution in [0.15, 0.2) is 17.2 Å². The molecule has 0 bridgehead atoms. The Bertz CT molecular complexity index is 828. The Morgan fingerprint density at radius 3 is 2.65 bits per heavy atom. The number of anilines is 2. The summed E-state index contributed by atoms with van der Waals surface area (Å²) in [6.45, 7) is -0.605. The molecule has 0 atom stereocenters. The molecule has 1 amide bonds. The van der Waals surface area contributed by atoms with Gasteiger partial charge in [0.1, 0.15) is 0 Å². The number of Topliss-reactive ketones (excluding diaryl/α,β-unsaturated/α-hetero) is 1. The number of carbonyl (C=O) groups excluding carboxylic acids is 2. The van der Waals surface area contributed by atoms with Crippen LogP contribution in [0.1, 0.15) is 0 Å². The summed E-state index contributed by atoms with van der Waals surface area (Å²) in [5.41, 5.74) is 0.832. The first-order chi connectivity index (χ1) is 12.0. The summed E-state index contributed by atoms with van der Waals surface area (Å²) in [6, 6.07) is 1.23. The topological polar surface area (TPSA) is 71.0 Å². The van der Waals surface area contributed by atoms with Crippen molar-refractivity contribution in [2.45, 2.75) is 12.3 Å². The Balaban J connectivity index is 2.36. The number of ether oxygens (including phenoxy) is 1. The summed E-state index contributed by atoms with van der Waals surface area (Å²) in [7, 11) is 0. The molecule has 0 aliphatic carbocycles. The Labute approximate surface area is 141 Å². The second-order valence-corrected chi connectivity index (χ2v) is 4.75. The molecule has 0 aromatic heterocycles. The van der Waals surface area contributed by atoms with E-state index in [-0.39, 0.29) is 11.9 Å². The lowest BCUT2D eigenvalue weighted by Gasteiger charge is -2.32. The molecule has 26 heavy (non-hydrogen) atoms. The number of terminal acetylenes is 1. The zero-order valence-corrected chi connectivity index (χ0v) is 12.4. The van der Waals surface area contributed by atoms with Crippen LogP contribution in [-0.4, -0.2) is 36.7 Å². The van der Waals surface area contributed by atoms with Gasteiger partial charge in [0.05, 0.1) is 24.1 Å². The van der Waals surface area contributed by atoms with Crippen molar-refractivity contribution in [3.8, 4) is 18.1 Å². The molecule has 0 spiro atoms. The van der Waals surface area contributed by atoms with Gasteiger partial charge >= 0.3 is 18.2 Å². The molecular weight excluding hydrogens is 372 g/mol. The molecule has 1 aliphatic heterocycles. The van der Waals surface area contributed by atoms with Crippen molar-refractivity contribution in [3.63, 3.8) is 0 Å². The fourth-order valence-electron chi connectivity index (χ4n) is 1.85. The molecule has 0 saturated carbocycles. The van der Waals surface area contributed by atoms with Crippen LogP contribution in [0.2, 0.25) is 0 Å². The van der Waals surface area contributed by atoms with Crippen LogP contribution in [0.4, 0.5) is 37.7 Å². The molecule has 0 radical (unpaired) electrons. The second kappa shape index (κ2) is 6.58. The first-order valence-electron chi connectivity index (χ1n) is 6.53. The van der Waals surface area contributed by atoms with E-state index < -0.39 is 47.8 Å². The van der Waals surface area contributed by atoms with Gasteiger partial charge in [-0.15, -0.1) is 6.42 Å². The predicted molar refractivity (Wildman–Crippen MR) is 76.3 cm³/mol. The lowest BCUT2D eigenvalue weighted by atomic mass is 10.2. The Hall–Kier alpha value is -3.23. The highest BCUT2D eigenvalue weighted by Crippen LogP contribution is 2.41. The van der Waals surface area contributed by atoms with Crippen LogP contribution >= 0.6 is 0 Å². The molecule has 6 nitrogen and oxygen atoms in total.